The molecule has 0 bridgehead atoms. The van der Waals surface area contributed by atoms with Gasteiger partial charge in [-0.25, -0.2) is 0 Å². The second-order valence-electron chi connectivity index (χ2n) is 5.88. The standard InChI is InChI=1S/C19H19Cl2N3O3/c1-11-4-3-5-16(12(11)2)24-18(26)10-22-17(25)9-23-19(27)14-7-6-13(20)8-15(14)21/h3-8H,9-10H2,1-2H3,(H,22,25)(H,23,27)(H,24,26). The van der Waals surface area contributed by atoms with E-state index in [1.54, 1.807) is 6.07 Å². The molecule has 27 heavy (non-hydrogen) atoms. The predicted octanol–water partition coefficient (Wildman–Crippen LogP) is 3.09. The zero-order valence-corrected chi connectivity index (χ0v) is 16.4. The first-order valence-electron chi connectivity index (χ1n) is 8.14. The predicted molar refractivity (Wildman–Crippen MR) is 106 cm³/mol. The van der Waals surface area contributed by atoms with Gasteiger partial charge in [-0.1, -0.05) is 35.3 Å². The second-order valence-corrected chi connectivity index (χ2v) is 6.72. The average molecular weight is 408 g/mol. The van der Waals surface area contributed by atoms with E-state index in [1.807, 2.05) is 26.0 Å². The van der Waals surface area contributed by atoms with Crippen LogP contribution in [0.15, 0.2) is 36.4 Å². The highest BCUT2D eigenvalue weighted by Gasteiger charge is 2.13. The second kappa shape index (κ2) is 9.39. The normalized spacial score (nSPS) is 10.2. The summed E-state index contributed by atoms with van der Waals surface area (Å²) in [6, 6.07) is 10.0. The molecule has 0 saturated carbocycles. The largest absolute Gasteiger partial charge is 0.345 e. The number of benzene rings is 2. The molecular formula is C19H19Cl2N3O3. The first kappa shape index (κ1) is 20.7. The van der Waals surface area contributed by atoms with Crippen LogP contribution >= 0.6 is 23.2 Å². The van der Waals surface area contributed by atoms with E-state index in [4.69, 9.17) is 23.2 Å². The summed E-state index contributed by atoms with van der Waals surface area (Å²) >= 11 is 11.7. The maximum absolute atomic E-state index is 12.0. The molecule has 0 unspecified atom stereocenters. The van der Waals surface area contributed by atoms with E-state index in [1.165, 1.54) is 18.2 Å². The molecule has 0 aliphatic heterocycles. The van der Waals surface area contributed by atoms with Crippen molar-refractivity contribution in [2.24, 2.45) is 0 Å². The summed E-state index contributed by atoms with van der Waals surface area (Å²) in [4.78, 5) is 35.8. The van der Waals surface area contributed by atoms with Crippen molar-refractivity contribution in [3.05, 3.63) is 63.1 Å². The number of anilines is 1. The summed E-state index contributed by atoms with van der Waals surface area (Å²) in [5, 5.41) is 8.22. The van der Waals surface area contributed by atoms with Crippen LogP contribution in [0.1, 0.15) is 21.5 Å². The highest BCUT2D eigenvalue weighted by Crippen LogP contribution is 2.20. The van der Waals surface area contributed by atoms with Gasteiger partial charge in [0.25, 0.3) is 5.91 Å². The van der Waals surface area contributed by atoms with Crippen LogP contribution in [0.25, 0.3) is 0 Å². The first-order valence-corrected chi connectivity index (χ1v) is 8.89. The first-order chi connectivity index (χ1) is 12.8. The maximum atomic E-state index is 12.0. The fourth-order valence-corrected chi connectivity index (χ4v) is 2.75. The molecule has 0 spiro atoms. The molecule has 2 rings (SSSR count). The van der Waals surface area contributed by atoms with Gasteiger partial charge in [0, 0.05) is 10.7 Å². The molecule has 3 N–H and O–H groups in total. The SMILES string of the molecule is Cc1cccc(NC(=O)CNC(=O)CNC(=O)c2ccc(Cl)cc2Cl)c1C. The van der Waals surface area contributed by atoms with E-state index in [9.17, 15) is 14.4 Å². The van der Waals surface area contributed by atoms with Crippen LogP contribution in [-0.4, -0.2) is 30.8 Å². The minimum Gasteiger partial charge on any atom is -0.345 e. The minimum atomic E-state index is -0.508. The lowest BCUT2D eigenvalue weighted by Gasteiger charge is -2.11. The Balaban J connectivity index is 1.79. The van der Waals surface area contributed by atoms with E-state index in [2.05, 4.69) is 16.0 Å². The highest BCUT2D eigenvalue weighted by atomic mass is 35.5. The number of carbonyl (C=O) groups excluding carboxylic acids is 3. The quantitative estimate of drug-likeness (QED) is 0.687. The van der Waals surface area contributed by atoms with E-state index in [-0.39, 0.29) is 29.6 Å². The molecule has 0 aliphatic carbocycles. The summed E-state index contributed by atoms with van der Waals surface area (Å²) in [7, 11) is 0. The molecule has 0 saturated heterocycles. The van der Waals surface area contributed by atoms with Gasteiger partial charge < -0.3 is 16.0 Å². The molecule has 0 heterocycles. The molecule has 0 aliphatic rings. The highest BCUT2D eigenvalue weighted by molar-refractivity contribution is 6.36. The smallest absolute Gasteiger partial charge is 0.253 e. The van der Waals surface area contributed by atoms with Crippen molar-refractivity contribution in [3.63, 3.8) is 0 Å². The van der Waals surface area contributed by atoms with Gasteiger partial charge >= 0.3 is 0 Å². The molecule has 3 amide bonds. The van der Waals surface area contributed by atoms with Gasteiger partial charge in [0.2, 0.25) is 11.8 Å². The van der Waals surface area contributed by atoms with Gasteiger partial charge in [0.05, 0.1) is 23.7 Å². The van der Waals surface area contributed by atoms with Crippen LogP contribution < -0.4 is 16.0 Å². The Morgan fingerprint density at radius 2 is 1.63 bits per heavy atom. The Bertz CT molecular complexity index is 884. The summed E-state index contributed by atoms with van der Waals surface area (Å²) < 4.78 is 0. The Morgan fingerprint density at radius 3 is 2.33 bits per heavy atom. The third-order valence-corrected chi connectivity index (χ3v) is 4.46. The molecule has 0 aromatic heterocycles. The van der Waals surface area contributed by atoms with Gasteiger partial charge in [0.1, 0.15) is 0 Å². The van der Waals surface area contributed by atoms with Crippen LogP contribution in [0, 0.1) is 13.8 Å². The number of aryl methyl sites for hydroxylation is 1. The Morgan fingerprint density at radius 1 is 0.926 bits per heavy atom. The molecule has 0 atom stereocenters. The van der Waals surface area contributed by atoms with Crippen molar-refractivity contribution >= 4 is 46.6 Å². The molecule has 2 aromatic carbocycles. The monoisotopic (exact) mass is 407 g/mol. The van der Waals surface area contributed by atoms with Crippen molar-refractivity contribution < 1.29 is 14.4 Å². The van der Waals surface area contributed by atoms with Crippen molar-refractivity contribution in [1.29, 1.82) is 0 Å². The fraction of sp³-hybridized carbons (Fsp3) is 0.211. The molecule has 0 fully saturated rings. The topological polar surface area (TPSA) is 87.3 Å². The van der Waals surface area contributed by atoms with Crippen LogP contribution in [0.5, 0.6) is 0 Å². The molecule has 6 nitrogen and oxygen atoms in total. The number of amides is 3. The van der Waals surface area contributed by atoms with Crippen LogP contribution in [0.4, 0.5) is 5.69 Å². The number of rotatable bonds is 6. The van der Waals surface area contributed by atoms with E-state index < -0.39 is 11.8 Å². The fourth-order valence-electron chi connectivity index (χ4n) is 2.25. The number of hydrogen-bond donors (Lipinski definition) is 3. The van der Waals surface area contributed by atoms with Crippen LogP contribution in [0.3, 0.4) is 0 Å². The minimum absolute atomic E-state index is 0.188. The van der Waals surface area contributed by atoms with Gasteiger partial charge in [0.15, 0.2) is 0 Å². The lowest BCUT2D eigenvalue weighted by Crippen LogP contribution is -2.40. The summed E-state index contributed by atoms with van der Waals surface area (Å²) in [5.41, 5.74) is 2.92. The van der Waals surface area contributed by atoms with Gasteiger partial charge in [-0.3, -0.25) is 14.4 Å². The van der Waals surface area contributed by atoms with E-state index in [0.29, 0.717) is 10.7 Å². The van der Waals surface area contributed by atoms with Crippen molar-refractivity contribution in [2.75, 3.05) is 18.4 Å². The summed E-state index contributed by atoms with van der Waals surface area (Å²) in [6.07, 6.45) is 0. The van der Waals surface area contributed by atoms with E-state index >= 15 is 0 Å². The molecule has 8 heteroatoms. The number of hydrogen-bond acceptors (Lipinski definition) is 3. The number of carbonyl (C=O) groups is 3. The average Bonchev–Trinajstić information content (AvgIpc) is 2.62. The van der Waals surface area contributed by atoms with E-state index in [0.717, 1.165) is 11.1 Å². The third kappa shape index (κ3) is 5.98. The number of halogens is 2. The van der Waals surface area contributed by atoms with Crippen LogP contribution in [-0.2, 0) is 9.59 Å². The van der Waals surface area contributed by atoms with Crippen LogP contribution in [0.2, 0.25) is 10.0 Å². The third-order valence-electron chi connectivity index (χ3n) is 3.91. The van der Waals surface area contributed by atoms with Gasteiger partial charge in [-0.15, -0.1) is 0 Å². The van der Waals surface area contributed by atoms with Crippen molar-refractivity contribution in [2.45, 2.75) is 13.8 Å². The van der Waals surface area contributed by atoms with Gasteiger partial charge in [-0.05, 0) is 49.2 Å². The Hall–Kier alpha value is -2.57. The zero-order valence-electron chi connectivity index (χ0n) is 14.9. The molecular weight excluding hydrogens is 389 g/mol. The van der Waals surface area contributed by atoms with Gasteiger partial charge in [-0.2, -0.15) is 0 Å². The molecule has 2 aromatic rings. The summed E-state index contributed by atoms with van der Waals surface area (Å²) in [5.74, 6) is -1.36. The zero-order chi connectivity index (χ0) is 20.0. The lowest BCUT2D eigenvalue weighted by molar-refractivity contribution is -0.123. The lowest BCUT2D eigenvalue weighted by atomic mass is 10.1. The Kier molecular flexibility index (Phi) is 7.21. The number of nitrogens with one attached hydrogen (secondary N) is 3. The Labute approximate surface area is 167 Å². The van der Waals surface area contributed by atoms with Crippen molar-refractivity contribution in [3.8, 4) is 0 Å². The maximum Gasteiger partial charge on any atom is 0.253 e. The summed E-state index contributed by atoms with van der Waals surface area (Å²) in [6.45, 7) is 3.36. The molecule has 142 valence electrons. The molecule has 0 radical (unpaired) electrons. The van der Waals surface area contributed by atoms with Crippen molar-refractivity contribution in [1.82, 2.24) is 10.6 Å².